The molecule has 0 fully saturated rings. The highest BCUT2D eigenvalue weighted by molar-refractivity contribution is 5.45. The van der Waals surface area contributed by atoms with Crippen molar-refractivity contribution in [3.8, 4) is 0 Å². The summed E-state index contributed by atoms with van der Waals surface area (Å²) in [6, 6.07) is 3.19. The first-order valence-electron chi connectivity index (χ1n) is 6.86. The van der Waals surface area contributed by atoms with Crippen molar-refractivity contribution >= 4 is 0 Å². The van der Waals surface area contributed by atoms with E-state index in [9.17, 15) is 0 Å². The lowest BCUT2D eigenvalue weighted by Crippen LogP contribution is -2.34. The molecule has 1 rings (SSSR count). The van der Waals surface area contributed by atoms with Crippen LogP contribution in [0.4, 0.5) is 0 Å². The lowest BCUT2D eigenvalue weighted by Gasteiger charge is -2.25. The van der Waals surface area contributed by atoms with E-state index in [1.807, 2.05) is 7.05 Å². The minimum absolute atomic E-state index is 0.381. The highest BCUT2D eigenvalue weighted by Gasteiger charge is 2.17. The van der Waals surface area contributed by atoms with Crippen LogP contribution >= 0.6 is 0 Å². The molecule has 0 spiro atoms. The van der Waals surface area contributed by atoms with E-state index in [0.717, 1.165) is 6.54 Å². The molecular formula is C16H28N2. The molecule has 0 radical (unpaired) electrons. The summed E-state index contributed by atoms with van der Waals surface area (Å²) in [4.78, 5) is 0. The number of rotatable bonds is 5. The van der Waals surface area contributed by atoms with Gasteiger partial charge in [-0.05, 0) is 62.6 Å². The van der Waals surface area contributed by atoms with Crippen LogP contribution in [0, 0.1) is 27.7 Å². The van der Waals surface area contributed by atoms with Crippen molar-refractivity contribution < 1.29 is 0 Å². The van der Waals surface area contributed by atoms with Crippen molar-refractivity contribution in [3.05, 3.63) is 33.9 Å². The summed E-state index contributed by atoms with van der Waals surface area (Å²) < 4.78 is 0. The van der Waals surface area contributed by atoms with Crippen molar-refractivity contribution in [2.45, 2.75) is 53.6 Å². The number of benzene rings is 1. The summed E-state index contributed by atoms with van der Waals surface area (Å²) >= 11 is 0. The van der Waals surface area contributed by atoms with E-state index >= 15 is 0 Å². The van der Waals surface area contributed by atoms with Crippen LogP contribution in [0.25, 0.3) is 0 Å². The van der Waals surface area contributed by atoms with Gasteiger partial charge in [0.2, 0.25) is 0 Å². The van der Waals surface area contributed by atoms with Crippen LogP contribution in [0.15, 0.2) is 6.07 Å². The van der Waals surface area contributed by atoms with E-state index < -0.39 is 0 Å². The Morgan fingerprint density at radius 1 is 1.00 bits per heavy atom. The second kappa shape index (κ2) is 6.35. The van der Waals surface area contributed by atoms with Gasteiger partial charge in [0.05, 0.1) is 0 Å². The van der Waals surface area contributed by atoms with Crippen LogP contribution in [0.5, 0.6) is 0 Å². The summed E-state index contributed by atoms with van der Waals surface area (Å²) in [7, 11) is 2.04. The zero-order chi connectivity index (χ0) is 13.9. The average molecular weight is 248 g/mol. The van der Waals surface area contributed by atoms with Crippen molar-refractivity contribution in [2.24, 2.45) is 0 Å². The van der Waals surface area contributed by atoms with Crippen LogP contribution in [0.2, 0.25) is 0 Å². The summed E-state index contributed by atoms with van der Waals surface area (Å²) in [6.45, 7) is 14.2. The maximum absolute atomic E-state index is 3.53. The fourth-order valence-corrected chi connectivity index (χ4v) is 2.47. The van der Waals surface area contributed by atoms with Gasteiger partial charge in [-0.15, -0.1) is 0 Å². The topological polar surface area (TPSA) is 24.1 Å². The number of hydrogen-bond donors (Lipinski definition) is 2. The fourth-order valence-electron chi connectivity index (χ4n) is 2.47. The van der Waals surface area contributed by atoms with Crippen LogP contribution in [-0.4, -0.2) is 19.6 Å². The molecule has 1 aromatic carbocycles. The zero-order valence-corrected chi connectivity index (χ0v) is 12.9. The SMILES string of the molecule is CNC(CNC(C)C)c1c(C)c(C)cc(C)c1C. The molecular weight excluding hydrogens is 220 g/mol. The summed E-state index contributed by atoms with van der Waals surface area (Å²) in [5.74, 6) is 0. The normalized spacial score (nSPS) is 13.1. The summed E-state index contributed by atoms with van der Waals surface area (Å²) in [6.07, 6.45) is 0. The zero-order valence-electron chi connectivity index (χ0n) is 12.9. The second-order valence-electron chi connectivity index (χ2n) is 5.58. The molecule has 102 valence electrons. The van der Waals surface area contributed by atoms with Crippen LogP contribution in [0.1, 0.15) is 47.7 Å². The molecule has 0 aliphatic carbocycles. The smallest absolute Gasteiger partial charge is 0.0449 e. The van der Waals surface area contributed by atoms with E-state index in [-0.39, 0.29) is 0 Å². The molecule has 0 amide bonds. The largest absolute Gasteiger partial charge is 0.313 e. The van der Waals surface area contributed by atoms with Gasteiger partial charge in [-0.25, -0.2) is 0 Å². The van der Waals surface area contributed by atoms with E-state index in [1.54, 1.807) is 0 Å². The second-order valence-corrected chi connectivity index (χ2v) is 5.58. The minimum atomic E-state index is 0.381. The number of aryl methyl sites for hydroxylation is 2. The molecule has 18 heavy (non-hydrogen) atoms. The van der Waals surface area contributed by atoms with Crippen molar-refractivity contribution in [2.75, 3.05) is 13.6 Å². The molecule has 0 saturated carbocycles. The Kier molecular flexibility index (Phi) is 5.36. The Morgan fingerprint density at radius 3 is 1.89 bits per heavy atom. The molecule has 0 aliphatic rings. The van der Waals surface area contributed by atoms with E-state index in [2.05, 4.69) is 58.2 Å². The third-order valence-electron chi connectivity index (χ3n) is 3.85. The number of hydrogen-bond acceptors (Lipinski definition) is 2. The lowest BCUT2D eigenvalue weighted by atomic mass is 9.89. The Labute approximate surface area is 112 Å². The Hall–Kier alpha value is -0.860. The highest BCUT2D eigenvalue weighted by Crippen LogP contribution is 2.27. The standard InChI is InChI=1S/C16H28N2/c1-10(2)18-9-15(17-7)16-13(5)11(3)8-12(4)14(16)6/h8,10,15,17-18H,9H2,1-7H3. The van der Waals surface area contributed by atoms with Gasteiger partial charge in [0.25, 0.3) is 0 Å². The van der Waals surface area contributed by atoms with Gasteiger partial charge >= 0.3 is 0 Å². The van der Waals surface area contributed by atoms with Crippen LogP contribution < -0.4 is 10.6 Å². The van der Waals surface area contributed by atoms with Crippen molar-refractivity contribution in [1.29, 1.82) is 0 Å². The van der Waals surface area contributed by atoms with Crippen molar-refractivity contribution in [1.82, 2.24) is 10.6 Å². The van der Waals surface area contributed by atoms with Gasteiger partial charge in [0.15, 0.2) is 0 Å². The van der Waals surface area contributed by atoms with Gasteiger partial charge in [-0.2, -0.15) is 0 Å². The molecule has 1 aromatic rings. The van der Waals surface area contributed by atoms with Gasteiger partial charge < -0.3 is 10.6 Å². The highest BCUT2D eigenvalue weighted by atomic mass is 15.0. The molecule has 0 bridgehead atoms. The first kappa shape index (κ1) is 15.2. The summed E-state index contributed by atoms with van der Waals surface area (Å²) in [5, 5.41) is 6.97. The molecule has 0 aromatic heterocycles. The fraction of sp³-hybridized carbons (Fsp3) is 0.625. The monoisotopic (exact) mass is 248 g/mol. The molecule has 0 heterocycles. The van der Waals surface area contributed by atoms with E-state index in [4.69, 9.17) is 0 Å². The van der Waals surface area contributed by atoms with E-state index in [0.29, 0.717) is 12.1 Å². The van der Waals surface area contributed by atoms with Gasteiger partial charge in [0, 0.05) is 18.6 Å². The maximum atomic E-state index is 3.53. The summed E-state index contributed by atoms with van der Waals surface area (Å²) in [5.41, 5.74) is 7.07. The average Bonchev–Trinajstić information content (AvgIpc) is 2.30. The van der Waals surface area contributed by atoms with Gasteiger partial charge in [-0.1, -0.05) is 19.9 Å². The minimum Gasteiger partial charge on any atom is -0.313 e. The van der Waals surface area contributed by atoms with Crippen LogP contribution in [0.3, 0.4) is 0 Å². The predicted octanol–water partition coefficient (Wildman–Crippen LogP) is 3.18. The van der Waals surface area contributed by atoms with Gasteiger partial charge in [0.1, 0.15) is 0 Å². The number of likely N-dealkylation sites (N-methyl/N-ethyl adjacent to an activating group) is 1. The molecule has 1 unspecified atom stereocenters. The molecule has 0 aliphatic heterocycles. The maximum Gasteiger partial charge on any atom is 0.0449 e. The Balaban J connectivity index is 3.12. The predicted molar refractivity (Wildman–Crippen MR) is 80.3 cm³/mol. The molecule has 1 atom stereocenters. The molecule has 2 heteroatoms. The first-order chi connectivity index (χ1) is 8.38. The molecule has 2 nitrogen and oxygen atoms in total. The first-order valence-corrected chi connectivity index (χ1v) is 6.86. The quantitative estimate of drug-likeness (QED) is 0.836. The third-order valence-corrected chi connectivity index (χ3v) is 3.85. The Morgan fingerprint density at radius 2 is 1.50 bits per heavy atom. The van der Waals surface area contributed by atoms with Crippen molar-refractivity contribution in [3.63, 3.8) is 0 Å². The van der Waals surface area contributed by atoms with E-state index in [1.165, 1.54) is 27.8 Å². The van der Waals surface area contributed by atoms with Crippen LogP contribution in [-0.2, 0) is 0 Å². The molecule has 0 saturated heterocycles. The molecule has 2 N–H and O–H groups in total. The lowest BCUT2D eigenvalue weighted by molar-refractivity contribution is 0.488. The Bertz CT molecular complexity index is 382. The van der Waals surface area contributed by atoms with Gasteiger partial charge in [-0.3, -0.25) is 0 Å². The third kappa shape index (κ3) is 3.33. The number of nitrogens with one attached hydrogen (secondary N) is 2.